The van der Waals surface area contributed by atoms with Gasteiger partial charge < -0.3 is 19.8 Å². The summed E-state index contributed by atoms with van der Waals surface area (Å²) in [7, 11) is 1.60. The Hall–Kier alpha value is -1.28. The van der Waals surface area contributed by atoms with Crippen molar-refractivity contribution >= 4 is 13.7 Å². The Morgan fingerprint density at radius 2 is 1.22 bits per heavy atom. The summed E-state index contributed by atoms with van der Waals surface area (Å²) >= 11 is 0. The minimum absolute atomic E-state index is 0.0700. The van der Waals surface area contributed by atoms with Gasteiger partial charge in [-0.25, -0.2) is 4.57 Å². The molecule has 0 aliphatic heterocycles. The second-order valence-corrected chi connectivity index (χ2v) is 16.1. The number of nitrogens with zero attached hydrogens (tertiary/aromatic N) is 1. The standard InChI is InChI=1S/C40H77N2O6P/c1-6-8-10-12-14-16-18-20-21-22-24-26-28-30-32-34-40(44)41-38(37-48-49(45,46)47-36-35-42(3,4)5)39(43)33-31-29-27-25-23-19-17-15-13-11-9-7-2/h8,10,14,16,20-21,38-39,43H,6-7,9,11-13,15,17-19,22-37H2,1-5H3,(H-,41,44,45,46)/p+1/b10-8-,16-14-,21-20-. The SMILES string of the molecule is CC/C=C\C/C=C\C/C=C\CCCCCCCC(=O)NC(COP(=O)(O)OCC[N+](C)(C)C)C(O)CCCCCCCCCCCCCC. The number of allylic oxidation sites excluding steroid dienone is 6. The largest absolute Gasteiger partial charge is 0.472 e. The molecular weight excluding hydrogens is 635 g/mol. The molecule has 8 nitrogen and oxygen atoms in total. The molecule has 0 aromatic heterocycles. The minimum atomic E-state index is -4.31. The Morgan fingerprint density at radius 1 is 0.714 bits per heavy atom. The van der Waals surface area contributed by atoms with E-state index in [0.29, 0.717) is 23.9 Å². The van der Waals surface area contributed by atoms with Crippen LogP contribution in [0, 0.1) is 0 Å². The van der Waals surface area contributed by atoms with Crippen molar-refractivity contribution < 1.29 is 32.9 Å². The second-order valence-electron chi connectivity index (χ2n) is 14.6. The van der Waals surface area contributed by atoms with E-state index < -0.39 is 20.0 Å². The van der Waals surface area contributed by atoms with E-state index in [1.807, 2.05) is 21.1 Å². The quantitative estimate of drug-likeness (QED) is 0.0261. The fourth-order valence-corrected chi connectivity index (χ4v) is 6.21. The molecule has 0 spiro atoms. The Balaban J connectivity index is 4.48. The topological polar surface area (TPSA) is 105 Å². The van der Waals surface area contributed by atoms with Crippen LogP contribution < -0.4 is 5.32 Å². The number of amides is 1. The maximum atomic E-state index is 12.8. The lowest BCUT2D eigenvalue weighted by Crippen LogP contribution is -2.46. The smallest absolute Gasteiger partial charge is 0.391 e. The predicted molar refractivity (Wildman–Crippen MR) is 208 cm³/mol. The van der Waals surface area contributed by atoms with Crippen molar-refractivity contribution in [3.63, 3.8) is 0 Å². The highest BCUT2D eigenvalue weighted by Gasteiger charge is 2.28. The van der Waals surface area contributed by atoms with Gasteiger partial charge in [0, 0.05) is 6.42 Å². The maximum Gasteiger partial charge on any atom is 0.472 e. The van der Waals surface area contributed by atoms with Gasteiger partial charge in [-0.2, -0.15) is 0 Å². The molecule has 0 rings (SSSR count). The summed E-state index contributed by atoms with van der Waals surface area (Å²) in [6, 6.07) is -0.767. The average Bonchev–Trinajstić information content (AvgIpc) is 3.04. The zero-order chi connectivity index (χ0) is 36.5. The number of carbonyl (C=O) groups excluding carboxylic acids is 1. The van der Waals surface area contributed by atoms with Gasteiger partial charge in [0.15, 0.2) is 0 Å². The third kappa shape index (κ3) is 34.9. The number of phosphoric ester groups is 1. The fraction of sp³-hybridized carbons (Fsp3) is 0.825. The third-order valence-corrected chi connectivity index (χ3v) is 9.64. The Morgan fingerprint density at radius 3 is 1.80 bits per heavy atom. The molecule has 1 amide bonds. The zero-order valence-electron chi connectivity index (χ0n) is 32.4. The second kappa shape index (κ2) is 32.6. The van der Waals surface area contributed by atoms with Crippen LogP contribution in [0.3, 0.4) is 0 Å². The molecule has 0 bridgehead atoms. The van der Waals surface area contributed by atoms with Gasteiger partial charge in [0.1, 0.15) is 13.2 Å². The van der Waals surface area contributed by atoms with Gasteiger partial charge in [0.05, 0.1) is 39.9 Å². The van der Waals surface area contributed by atoms with Crippen LogP contribution in [0.1, 0.15) is 162 Å². The van der Waals surface area contributed by atoms with Gasteiger partial charge in [-0.3, -0.25) is 13.8 Å². The first-order valence-corrected chi connectivity index (χ1v) is 21.3. The molecule has 49 heavy (non-hydrogen) atoms. The number of quaternary nitrogens is 1. The molecule has 3 atom stereocenters. The van der Waals surface area contributed by atoms with E-state index >= 15 is 0 Å². The number of hydrogen-bond donors (Lipinski definition) is 3. The average molecular weight is 714 g/mol. The van der Waals surface area contributed by atoms with Crippen LogP contribution in [0.25, 0.3) is 0 Å². The molecule has 0 fully saturated rings. The molecule has 0 aromatic rings. The van der Waals surface area contributed by atoms with Gasteiger partial charge in [0.2, 0.25) is 5.91 Å². The number of unbranched alkanes of at least 4 members (excludes halogenated alkanes) is 16. The monoisotopic (exact) mass is 714 g/mol. The lowest BCUT2D eigenvalue weighted by atomic mass is 10.0. The number of aliphatic hydroxyl groups excluding tert-OH is 1. The molecule has 0 saturated carbocycles. The summed E-state index contributed by atoms with van der Waals surface area (Å²) in [6.07, 6.45) is 37.3. The van der Waals surface area contributed by atoms with Crippen molar-refractivity contribution in [1.82, 2.24) is 5.32 Å². The van der Waals surface area contributed by atoms with E-state index in [2.05, 4.69) is 55.6 Å². The van der Waals surface area contributed by atoms with Gasteiger partial charge in [0.25, 0.3) is 0 Å². The molecule has 0 aromatic carbocycles. The number of carbonyl (C=O) groups is 1. The molecule has 288 valence electrons. The van der Waals surface area contributed by atoms with E-state index in [1.54, 1.807) is 0 Å². The Bertz CT molecular complexity index is 902. The van der Waals surface area contributed by atoms with Crippen molar-refractivity contribution in [3.05, 3.63) is 36.5 Å². The summed E-state index contributed by atoms with van der Waals surface area (Å²) in [4.78, 5) is 23.0. The lowest BCUT2D eigenvalue weighted by Gasteiger charge is -2.26. The van der Waals surface area contributed by atoms with Crippen LogP contribution in [0.15, 0.2) is 36.5 Å². The molecule has 3 unspecified atom stereocenters. The predicted octanol–water partition coefficient (Wildman–Crippen LogP) is 10.4. The molecule has 0 heterocycles. The third-order valence-electron chi connectivity index (χ3n) is 8.65. The molecule has 0 radical (unpaired) electrons. The summed E-state index contributed by atoms with van der Waals surface area (Å²) in [5, 5.41) is 13.9. The van der Waals surface area contributed by atoms with Crippen LogP contribution in [-0.4, -0.2) is 73.4 Å². The van der Waals surface area contributed by atoms with Crippen molar-refractivity contribution in [2.45, 2.75) is 174 Å². The van der Waals surface area contributed by atoms with Crippen LogP contribution in [0.4, 0.5) is 0 Å². The Kier molecular flexibility index (Phi) is 31.8. The molecule has 0 aliphatic carbocycles. The fourth-order valence-electron chi connectivity index (χ4n) is 5.47. The van der Waals surface area contributed by atoms with E-state index in [4.69, 9.17) is 9.05 Å². The summed E-state index contributed by atoms with van der Waals surface area (Å²) in [6.45, 7) is 4.73. The Labute approximate surface area is 302 Å². The molecule has 3 N–H and O–H groups in total. The van der Waals surface area contributed by atoms with Crippen molar-refractivity contribution in [2.75, 3.05) is 40.9 Å². The van der Waals surface area contributed by atoms with E-state index in [0.717, 1.165) is 77.0 Å². The van der Waals surface area contributed by atoms with Crippen LogP contribution >= 0.6 is 7.82 Å². The number of phosphoric acid groups is 1. The highest BCUT2D eigenvalue weighted by Crippen LogP contribution is 2.43. The summed E-state index contributed by atoms with van der Waals surface area (Å²) < 4.78 is 23.5. The van der Waals surface area contributed by atoms with Crippen molar-refractivity contribution in [3.8, 4) is 0 Å². The zero-order valence-corrected chi connectivity index (χ0v) is 33.3. The highest BCUT2D eigenvalue weighted by molar-refractivity contribution is 7.47. The van der Waals surface area contributed by atoms with Gasteiger partial charge >= 0.3 is 7.82 Å². The maximum absolute atomic E-state index is 12.8. The van der Waals surface area contributed by atoms with E-state index in [9.17, 15) is 19.4 Å². The van der Waals surface area contributed by atoms with Gasteiger partial charge in [-0.15, -0.1) is 0 Å². The molecular formula is C40H78N2O6P+. The first kappa shape index (κ1) is 47.7. The first-order valence-electron chi connectivity index (χ1n) is 19.9. The van der Waals surface area contributed by atoms with Gasteiger partial charge in [-0.05, 0) is 44.9 Å². The van der Waals surface area contributed by atoms with E-state index in [-0.39, 0.29) is 19.1 Å². The first-order chi connectivity index (χ1) is 23.5. The number of nitrogens with one attached hydrogen (secondary N) is 1. The van der Waals surface area contributed by atoms with Crippen molar-refractivity contribution in [2.24, 2.45) is 0 Å². The number of aliphatic hydroxyl groups is 1. The number of rotatable bonds is 35. The normalized spacial score (nSPS) is 15.0. The highest BCUT2D eigenvalue weighted by atomic mass is 31.2. The van der Waals surface area contributed by atoms with Crippen LogP contribution in [0.5, 0.6) is 0 Å². The molecule has 0 aliphatic rings. The lowest BCUT2D eigenvalue weighted by molar-refractivity contribution is -0.870. The molecule has 9 heteroatoms. The molecule has 0 saturated heterocycles. The summed E-state index contributed by atoms with van der Waals surface area (Å²) in [5.74, 6) is -0.165. The minimum Gasteiger partial charge on any atom is -0.391 e. The number of hydrogen-bond acceptors (Lipinski definition) is 5. The summed E-state index contributed by atoms with van der Waals surface area (Å²) in [5.41, 5.74) is 0. The van der Waals surface area contributed by atoms with Gasteiger partial charge in [-0.1, -0.05) is 147 Å². The number of likely N-dealkylation sites (N-methyl/N-ethyl adjacent to an activating group) is 1. The van der Waals surface area contributed by atoms with Crippen LogP contribution in [0.2, 0.25) is 0 Å². The van der Waals surface area contributed by atoms with Crippen LogP contribution in [-0.2, 0) is 18.4 Å². The van der Waals surface area contributed by atoms with E-state index in [1.165, 1.54) is 57.8 Å². The van der Waals surface area contributed by atoms with Crippen molar-refractivity contribution in [1.29, 1.82) is 0 Å².